The van der Waals surface area contributed by atoms with E-state index in [1.165, 1.54) is 11.0 Å². The van der Waals surface area contributed by atoms with Crippen molar-refractivity contribution in [2.75, 3.05) is 11.1 Å². The zero-order chi connectivity index (χ0) is 8.10. The van der Waals surface area contributed by atoms with Crippen LogP contribution >= 0.6 is 0 Å². The second kappa shape index (κ2) is 5.26. The summed E-state index contributed by atoms with van der Waals surface area (Å²) >= 11 is 0.286. The molecule has 0 radical (unpaired) electrons. The summed E-state index contributed by atoms with van der Waals surface area (Å²) < 4.78 is 1.90. The molecule has 0 aromatic heterocycles. The molecule has 68 valence electrons. The van der Waals surface area contributed by atoms with Crippen molar-refractivity contribution in [1.29, 1.82) is 0 Å². The Balaban J connectivity index is 2.31. The minimum atomic E-state index is 0.286. The van der Waals surface area contributed by atoms with Gasteiger partial charge in [0.2, 0.25) is 0 Å². The predicted octanol–water partition coefficient (Wildman–Crippen LogP) is -3.38. The topological polar surface area (TPSA) is 39.3 Å². The van der Waals surface area contributed by atoms with Crippen LogP contribution in [0.1, 0.15) is 20.3 Å². The Morgan fingerprint density at radius 3 is 3.09 bits per heavy atom. The Labute approximate surface area is 78.3 Å². The average molecular weight is 271 g/mol. The molecule has 0 aliphatic carbocycles. The van der Waals surface area contributed by atoms with Gasteiger partial charge in [-0.15, -0.1) is 0 Å². The van der Waals surface area contributed by atoms with Crippen LogP contribution in [0, 0.1) is 0 Å². The molecule has 5 heteroatoms. The number of nitrogens with zero attached hydrogens (tertiary/aromatic N) is 1. The van der Waals surface area contributed by atoms with Gasteiger partial charge in [0.25, 0.3) is 0 Å². The third-order valence-electron chi connectivity index (χ3n) is 1.47. The Morgan fingerprint density at radius 2 is 2.45 bits per heavy atom. The molecule has 1 fully saturated rings. The number of hydrazine groups is 3. The molecule has 0 bridgehead atoms. The molecule has 4 nitrogen and oxygen atoms in total. The molecule has 1 heterocycles. The maximum absolute atomic E-state index is 3.27. The first-order valence-electron chi connectivity index (χ1n) is 3.97. The van der Waals surface area contributed by atoms with Crippen molar-refractivity contribution in [2.24, 2.45) is 0 Å². The normalized spacial score (nSPS) is 28.0. The molecule has 1 aliphatic heterocycles. The standard InChI is InChI=1S/C6H16IN4/c1-3-6-7-5-8-10-11(6)9-4-2/h6,8-10H,3-5H2,1-2H3/q-1. The summed E-state index contributed by atoms with van der Waals surface area (Å²) in [5.41, 5.74) is 9.54. The fraction of sp³-hybridized carbons (Fsp3) is 1.00. The molecule has 0 aromatic carbocycles. The molecule has 1 atom stereocenters. The van der Waals surface area contributed by atoms with E-state index >= 15 is 0 Å². The van der Waals surface area contributed by atoms with Crippen molar-refractivity contribution in [2.45, 2.75) is 24.3 Å². The summed E-state index contributed by atoms with van der Waals surface area (Å²) in [5, 5.41) is 2.11. The van der Waals surface area contributed by atoms with Crippen LogP contribution in [-0.4, -0.2) is 20.3 Å². The van der Waals surface area contributed by atoms with Crippen molar-refractivity contribution in [3.05, 3.63) is 0 Å². The van der Waals surface area contributed by atoms with E-state index in [9.17, 15) is 0 Å². The molecule has 3 N–H and O–H groups in total. The molecular weight excluding hydrogens is 255 g/mol. The van der Waals surface area contributed by atoms with Crippen LogP contribution in [0.5, 0.6) is 0 Å². The summed E-state index contributed by atoms with van der Waals surface area (Å²) in [6.45, 7) is 5.33. The van der Waals surface area contributed by atoms with Gasteiger partial charge in [-0.1, -0.05) is 0 Å². The summed E-state index contributed by atoms with van der Waals surface area (Å²) in [6, 6.07) is 0. The Kier molecular flexibility index (Phi) is 4.61. The van der Waals surface area contributed by atoms with Gasteiger partial charge in [0.1, 0.15) is 0 Å². The van der Waals surface area contributed by atoms with E-state index in [1.807, 2.05) is 0 Å². The molecular formula is C6H16IN4-. The number of nitrogens with one attached hydrogen (secondary N) is 3. The number of halogens is 1. The summed E-state index contributed by atoms with van der Waals surface area (Å²) in [4.78, 5) is 0. The van der Waals surface area contributed by atoms with Crippen LogP contribution in [0.15, 0.2) is 0 Å². The van der Waals surface area contributed by atoms with Crippen LogP contribution in [0.2, 0.25) is 0 Å². The number of alkyl halides is 2. The van der Waals surface area contributed by atoms with E-state index in [2.05, 4.69) is 35.4 Å². The van der Waals surface area contributed by atoms with Crippen molar-refractivity contribution in [3.8, 4) is 0 Å². The molecule has 1 rings (SSSR count). The van der Waals surface area contributed by atoms with Crippen molar-refractivity contribution >= 4 is 0 Å². The van der Waals surface area contributed by atoms with Gasteiger partial charge in [-0.25, -0.2) is 0 Å². The van der Waals surface area contributed by atoms with Crippen molar-refractivity contribution < 1.29 is 21.2 Å². The first-order chi connectivity index (χ1) is 5.38. The van der Waals surface area contributed by atoms with Crippen molar-refractivity contribution in [3.63, 3.8) is 0 Å². The number of hydrogen-bond acceptors (Lipinski definition) is 4. The number of hydrogen-bond donors (Lipinski definition) is 3. The quantitative estimate of drug-likeness (QED) is 0.284. The van der Waals surface area contributed by atoms with Gasteiger partial charge in [-0.3, -0.25) is 0 Å². The molecule has 0 saturated carbocycles. The van der Waals surface area contributed by atoms with Crippen LogP contribution in [-0.2, 0) is 0 Å². The first-order valence-corrected chi connectivity index (χ1v) is 6.74. The zero-order valence-electron chi connectivity index (χ0n) is 7.02. The second-order valence-electron chi connectivity index (χ2n) is 2.30. The van der Waals surface area contributed by atoms with E-state index in [-0.39, 0.29) is 21.2 Å². The van der Waals surface area contributed by atoms with E-state index in [0.29, 0.717) is 0 Å². The molecule has 0 aromatic rings. The van der Waals surface area contributed by atoms with Gasteiger partial charge in [-0.2, -0.15) is 0 Å². The van der Waals surface area contributed by atoms with E-state index in [0.717, 1.165) is 10.6 Å². The SMILES string of the molecule is CCNN1NNC[I-]C1CC. The fourth-order valence-electron chi connectivity index (χ4n) is 0.982. The molecule has 0 amide bonds. The maximum atomic E-state index is 3.27. The van der Waals surface area contributed by atoms with Gasteiger partial charge in [0, 0.05) is 0 Å². The van der Waals surface area contributed by atoms with E-state index in [1.54, 1.807) is 0 Å². The Morgan fingerprint density at radius 1 is 1.64 bits per heavy atom. The van der Waals surface area contributed by atoms with Gasteiger partial charge in [-0.05, 0) is 0 Å². The third kappa shape index (κ3) is 2.83. The molecule has 11 heavy (non-hydrogen) atoms. The average Bonchev–Trinajstić information content (AvgIpc) is 2.06. The predicted molar refractivity (Wildman–Crippen MR) is 40.7 cm³/mol. The van der Waals surface area contributed by atoms with Gasteiger partial charge < -0.3 is 0 Å². The van der Waals surface area contributed by atoms with E-state index < -0.39 is 0 Å². The number of rotatable bonds is 3. The first kappa shape index (κ1) is 9.66. The fourth-order valence-corrected chi connectivity index (χ4v) is 3.23. The molecule has 0 spiro atoms. The van der Waals surface area contributed by atoms with Crippen LogP contribution in [0.25, 0.3) is 0 Å². The zero-order valence-corrected chi connectivity index (χ0v) is 9.18. The summed E-state index contributed by atoms with van der Waals surface area (Å²) in [6.07, 6.45) is 1.23. The Hall–Kier alpha value is 0.570. The van der Waals surface area contributed by atoms with E-state index in [4.69, 9.17) is 0 Å². The summed E-state index contributed by atoms with van der Waals surface area (Å²) in [5.74, 6) is 0. The molecule has 1 unspecified atom stereocenters. The third-order valence-corrected chi connectivity index (χ3v) is 4.74. The molecule has 1 aliphatic rings. The minimum absolute atomic E-state index is 0.286. The van der Waals surface area contributed by atoms with Gasteiger partial charge in [0.15, 0.2) is 0 Å². The van der Waals surface area contributed by atoms with Crippen LogP contribution in [0.4, 0.5) is 0 Å². The second-order valence-corrected chi connectivity index (χ2v) is 5.38. The van der Waals surface area contributed by atoms with Crippen LogP contribution < -0.4 is 37.6 Å². The van der Waals surface area contributed by atoms with Crippen molar-refractivity contribution in [1.82, 2.24) is 21.5 Å². The van der Waals surface area contributed by atoms with Crippen LogP contribution in [0.3, 0.4) is 0 Å². The Bertz CT molecular complexity index is 109. The van der Waals surface area contributed by atoms with Gasteiger partial charge >= 0.3 is 78.1 Å². The molecule has 1 saturated heterocycles. The monoisotopic (exact) mass is 271 g/mol. The van der Waals surface area contributed by atoms with Gasteiger partial charge in [0.05, 0.1) is 0 Å². The summed E-state index contributed by atoms with van der Waals surface area (Å²) in [7, 11) is 0.